The predicted molar refractivity (Wildman–Crippen MR) is 146 cm³/mol. The summed E-state index contributed by atoms with van der Waals surface area (Å²) >= 11 is 1.10. The number of anilines is 1. The highest BCUT2D eigenvalue weighted by atomic mass is 32.1. The SMILES string of the molecule is O=C(O)C(Cc1c[nH]c2cc(OCCCNc3ccccn3)ccc12)c1cccc2nsnc12.O=C(O)C(F)(F)F. The molecular weight excluding hydrogens is 563 g/mol. The van der Waals surface area contributed by atoms with Crippen LogP contribution in [-0.2, 0) is 16.0 Å². The zero-order valence-corrected chi connectivity index (χ0v) is 22.1. The molecule has 41 heavy (non-hydrogen) atoms. The third kappa shape index (κ3) is 7.69. The Morgan fingerprint density at radius 3 is 2.59 bits per heavy atom. The number of aromatic amines is 1. The minimum Gasteiger partial charge on any atom is -0.493 e. The van der Waals surface area contributed by atoms with E-state index in [2.05, 4.69) is 24.0 Å². The highest BCUT2D eigenvalue weighted by molar-refractivity contribution is 7.00. The Balaban J connectivity index is 0.000000493. The highest BCUT2D eigenvalue weighted by Gasteiger charge is 2.38. The van der Waals surface area contributed by atoms with Gasteiger partial charge < -0.3 is 25.3 Å². The van der Waals surface area contributed by atoms with Crippen molar-refractivity contribution < 1.29 is 37.7 Å². The summed E-state index contributed by atoms with van der Waals surface area (Å²) in [5, 5.41) is 21.3. The fourth-order valence-electron chi connectivity index (χ4n) is 4.03. The van der Waals surface area contributed by atoms with Crippen LogP contribution < -0.4 is 10.1 Å². The van der Waals surface area contributed by atoms with Gasteiger partial charge in [-0.1, -0.05) is 18.2 Å². The molecule has 0 spiro atoms. The molecule has 5 rings (SSSR count). The number of aromatic nitrogens is 4. The molecule has 0 aliphatic rings. The van der Waals surface area contributed by atoms with Crippen LogP contribution in [0.25, 0.3) is 21.9 Å². The molecule has 214 valence electrons. The molecule has 10 nitrogen and oxygen atoms in total. The smallest absolute Gasteiger partial charge is 0.490 e. The Labute approximate surface area is 235 Å². The van der Waals surface area contributed by atoms with Crippen molar-refractivity contribution in [2.75, 3.05) is 18.5 Å². The van der Waals surface area contributed by atoms with E-state index in [-0.39, 0.29) is 0 Å². The van der Waals surface area contributed by atoms with E-state index in [1.54, 1.807) is 6.20 Å². The molecule has 0 aliphatic carbocycles. The molecular formula is C27H24F3N5O5S. The number of hydrogen-bond donors (Lipinski definition) is 4. The topological polar surface area (TPSA) is 150 Å². The second kappa shape index (κ2) is 13.1. The zero-order valence-electron chi connectivity index (χ0n) is 21.3. The van der Waals surface area contributed by atoms with Gasteiger partial charge in [-0.2, -0.15) is 21.9 Å². The molecule has 1 atom stereocenters. The van der Waals surface area contributed by atoms with Gasteiger partial charge in [-0.25, -0.2) is 9.78 Å². The van der Waals surface area contributed by atoms with E-state index in [1.807, 2.05) is 60.8 Å². The van der Waals surface area contributed by atoms with Crippen molar-refractivity contribution in [3.63, 3.8) is 0 Å². The van der Waals surface area contributed by atoms with Gasteiger partial charge in [0.05, 0.1) is 24.3 Å². The molecule has 3 aromatic heterocycles. The Kier molecular flexibility index (Phi) is 9.34. The normalized spacial score (nSPS) is 12.0. The van der Waals surface area contributed by atoms with Crippen LogP contribution in [-0.4, -0.2) is 60.2 Å². The minimum absolute atomic E-state index is 0.353. The molecule has 0 bridgehead atoms. The maximum atomic E-state index is 12.2. The molecule has 14 heteroatoms. The third-order valence-electron chi connectivity index (χ3n) is 5.96. The van der Waals surface area contributed by atoms with Crippen molar-refractivity contribution in [1.29, 1.82) is 0 Å². The van der Waals surface area contributed by atoms with E-state index in [0.29, 0.717) is 24.1 Å². The fraction of sp³-hybridized carbons (Fsp3) is 0.222. The van der Waals surface area contributed by atoms with E-state index in [1.165, 1.54) is 0 Å². The van der Waals surface area contributed by atoms with Crippen LogP contribution in [0.2, 0.25) is 0 Å². The number of ether oxygens (including phenoxy) is 1. The van der Waals surface area contributed by atoms with Crippen molar-refractivity contribution in [3.8, 4) is 5.75 Å². The van der Waals surface area contributed by atoms with E-state index in [0.717, 1.165) is 58.2 Å². The number of pyridine rings is 1. The number of nitrogens with one attached hydrogen (secondary N) is 2. The molecule has 0 saturated carbocycles. The lowest BCUT2D eigenvalue weighted by Crippen LogP contribution is -2.21. The molecule has 0 aliphatic heterocycles. The molecule has 3 heterocycles. The lowest BCUT2D eigenvalue weighted by Gasteiger charge is -2.13. The number of hydrogen-bond acceptors (Lipinski definition) is 8. The second-order valence-electron chi connectivity index (χ2n) is 8.74. The molecule has 4 N–H and O–H groups in total. The number of carboxylic acids is 2. The number of aliphatic carboxylic acids is 2. The number of fused-ring (bicyclic) bond motifs is 2. The van der Waals surface area contributed by atoms with Gasteiger partial charge in [0.2, 0.25) is 0 Å². The number of alkyl halides is 3. The number of rotatable bonds is 10. The van der Waals surface area contributed by atoms with Gasteiger partial charge in [0.25, 0.3) is 0 Å². The Morgan fingerprint density at radius 1 is 1.07 bits per heavy atom. The molecule has 0 amide bonds. The monoisotopic (exact) mass is 587 g/mol. The van der Waals surface area contributed by atoms with Crippen LogP contribution in [0.15, 0.2) is 67.0 Å². The minimum atomic E-state index is -5.08. The summed E-state index contributed by atoms with van der Waals surface area (Å²) in [6.07, 6.45) is -0.262. The highest BCUT2D eigenvalue weighted by Crippen LogP contribution is 2.31. The van der Waals surface area contributed by atoms with Crippen LogP contribution >= 0.6 is 11.7 Å². The summed E-state index contributed by atoms with van der Waals surface area (Å²) in [6, 6.07) is 17.1. The van der Waals surface area contributed by atoms with Gasteiger partial charge in [0, 0.05) is 35.9 Å². The second-order valence-corrected chi connectivity index (χ2v) is 9.27. The number of halogens is 3. The number of carboxylic acid groups (broad SMARTS) is 2. The van der Waals surface area contributed by atoms with Gasteiger partial charge in [-0.05, 0) is 54.3 Å². The van der Waals surface area contributed by atoms with Crippen molar-refractivity contribution in [1.82, 2.24) is 18.7 Å². The maximum Gasteiger partial charge on any atom is 0.490 e. The Hall–Kier alpha value is -4.72. The van der Waals surface area contributed by atoms with E-state index >= 15 is 0 Å². The summed E-state index contributed by atoms with van der Waals surface area (Å²) < 4.78 is 46.2. The van der Waals surface area contributed by atoms with Gasteiger partial charge in [0.1, 0.15) is 22.6 Å². The van der Waals surface area contributed by atoms with E-state index in [4.69, 9.17) is 14.6 Å². The molecule has 0 radical (unpaired) electrons. The Morgan fingerprint density at radius 2 is 1.88 bits per heavy atom. The molecule has 0 fully saturated rings. The lowest BCUT2D eigenvalue weighted by molar-refractivity contribution is -0.192. The van der Waals surface area contributed by atoms with Gasteiger partial charge >= 0.3 is 18.1 Å². The summed E-state index contributed by atoms with van der Waals surface area (Å²) in [7, 11) is 0. The van der Waals surface area contributed by atoms with Crippen LogP contribution in [0, 0.1) is 0 Å². The first kappa shape index (κ1) is 29.3. The molecule has 0 saturated heterocycles. The quantitative estimate of drug-likeness (QED) is 0.156. The van der Waals surface area contributed by atoms with Gasteiger partial charge in [-0.3, -0.25) is 4.79 Å². The van der Waals surface area contributed by atoms with Gasteiger partial charge in [0.15, 0.2) is 0 Å². The average Bonchev–Trinajstić information content (AvgIpc) is 3.59. The van der Waals surface area contributed by atoms with Crippen molar-refractivity contribution in [3.05, 3.63) is 78.1 Å². The van der Waals surface area contributed by atoms with Crippen LogP contribution in [0.3, 0.4) is 0 Å². The first-order chi connectivity index (χ1) is 19.6. The first-order valence-corrected chi connectivity index (χ1v) is 13.0. The first-order valence-electron chi connectivity index (χ1n) is 12.3. The number of H-pyrrole nitrogens is 1. The third-order valence-corrected chi connectivity index (χ3v) is 6.50. The summed E-state index contributed by atoms with van der Waals surface area (Å²) in [5.74, 6) is -2.73. The molecule has 1 unspecified atom stereocenters. The Bertz CT molecular complexity index is 1620. The number of nitrogens with zero attached hydrogens (tertiary/aromatic N) is 3. The lowest BCUT2D eigenvalue weighted by atomic mass is 9.91. The zero-order chi connectivity index (χ0) is 29.4. The van der Waals surface area contributed by atoms with Crippen molar-refractivity contribution in [2.45, 2.75) is 24.9 Å². The standard InChI is InChI=1S/C25H23N5O3S.C2HF3O2/c31-25(32)20(19-5-3-6-21-24(19)30-34-29-21)13-16-15-28-22-14-17(8-9-18(16)22)33-12-4-11-27-23-7-1-2-10-26-23;3-2(4,5)1(6)7/h1-3,5-10,14-15,20,28H,4,11-13H2,(H,26,27)(H,31,32);(H,6,7). The fourth-order valence-corrected chi connectivity index (χ4v) is 4.59. The van der Waals surface area contributed by atoms with Crippen molar-refractivity contribution >= 4 is 51.4 Å². The van der Waals surface area contributed by atoms with Crippen molar-refractivity contribution in [2.24, 2.45) is 0 Å². The summed E-state index contributed by atoms with van der Waals surface area (Å²) in [5.41, 5.74) is 3.93. The molecule has 2 aromatic carbocycles. The molecule has 5 aromatic rings. The van der Waals surface area contributed by atoms with E-state index < -0.39 is 24.0 Å². The number of benzene rings is 2. The van der Waals surface area contributed by atoms with Crippen LogP contribution in [0.4, 0.5) is 19.0 Å². The number of carbonyl (C=O) groups is 2. The summed E-state index contributed by atoms with van der Waals surface area (Å²) in [4.78, 5) is 28.6. The predicted octanol–water partition coefficient (Wildman–Crippen LogP) is 5.49. The van der Waals surface area contributed by atoms with Gasteiger partial charge in [-0.15, -0.1) is 0 Å². The maximum absolute atomic E-state index is 12.2. The largest absolute Gasteiger partial charge is 0.493 e. The van der Waals surface area contributed by atoms with Crippen LogP contribution in [0.5, 0.6) is 5.75 Å². The van der Waals surface area contributed by atoms with Crippen LogP contribution in [0.1, 0.15) is 23.5 Å². The average molecular weight is 588 g/mol. The van der Waals surface area contributed by atoms with E-state index in [9.17, 15) is 23.1 Å². The summed E-state index contributed by atoms with van der Waals surface area (Å²) in [6.45, 7) is 1.34.